The van der Waals surface area contributed by atoms with Crippen LogP contribution < -0.4 is 11.1 Å². The number of benzene rings is 1. The predicted molar refractivity (Wildman–Crippen MR) is 69.1 cm³/mol. The van der Waals surface area contributed by atoms with Crippen molar-refractivity contribution in [2.75, 3.05) is 11.9 Å². The minimum atomic E-state index is -0.812. The van der Waals surface area contributed by atoms with Crippen molar-refractivity contribution in [1.82, 2.24) is 0 Å². The van der Waals surface area contributed by atoms with Gasteiger partial charge in [-0.15, -0.1) is 0 Å². The summed E-state index contributed by atoms with van der Waals surface area (Å²) in [5.41, 5.74) is 7.69. The maximum absolute atomic E-state index is 10.5. The zero-order valence-electron chi connectivity index (χ0n) is 10.3. The van der Waals surface area contributed by atoms with Crippen LogP contribution in [0.4, 0.5) is 5.69 Å². The molecule has 0 fully saturated rings. The SMILES string of the molecule is CC(C)[C@@H](N)CNc1ccc(CC(=O)O)cc1. The lowest BCUT2D eigenvalue weighted by atomic mass is 10.1. The second kappa shape index (κ2) is 6.25. The van der Waals surface area contributed by atoms with E-state index in [1.807, 2.05) is 24.3 Å². The monoisotopic (exact) mass is 236 g/mol. The highest BCUT2D eigenvalue weighted by Gasteiger charge is 2.06. The van der Waals surface area contributed by atoms with Crippen molar-refractivity contribution in [3.8, 4) is 0 Å². The zero-order chi connectivity index (χ0) is 12.8. The van der Waals surface area contributed by atoms with E-state index in [1.54, 1.807) is 0 Å². The maximum Gasteiger partial charge on any atom is 0.307 e. The molecule has 0 bridgehead atoms. The van der Waals surface area contributed by atoms with Crippen molar-refractivity contribution < 1.29 is 9.90 Å². The van der Waals surface area contributed by atoms with Crippen molar-refractivity contribution in [3.63, 3.8) is 0 Å². The third kappa shape index (κ3) is 4.87. The van der Waals surface area contributed by atoms with Crippen LogP contribution in [0.3, 0.4) is 0 Å². The fourth-order valence-electron chi connectivity index (χ4n) is 1.39. The van der Waals surface area contributed by atoms with Crippen LogP contribution in [0.1, 0.15) is 19.4 Å². The molecule has 0 radical (unpaired) electrons. The average molecular weight is 236 g/mol. The molecule has 0 saturated carbocycles. The summed E-state index contributed by atoms with van der Waals surface area (Å²) in [5, 5.41) is 11.9. The number of hydrogen-bond acceptors (Lipinski definition) is 3. The Morgan fingerprint density at radius 2 is 1.94 bits per heavy atom. The maximum atomic E-state index is 10.5. The molecule has 0 saturated heterocycles. The van der Waals surface area contributed by atoms with E-state index in [-0.39, 0.29) is 12.5 Å². The lowest BCUT2D eigenvalue weighted by molar-refractivity contribution is -0.136. The Balaban J connectivity index is 2.48. The number of anilines is 1. The molecule has 94 valence electrons. The van der Waals surface area contributed by atoms with Crippen LogP contribution in [-0.4, -0.2) is 23.7 Å². The van der Waals surface area contributed by atoms with Gasteiger partial charge >= 0.3 is 5.97 Å². The molecule has 1 rings (SSSR count). The Morgan fingerprint density at radius 1 is 1.35 bits per heavy atom. The average Bonchev–Trinajstić information content (AvgIpc) is 2.26. The molecule has 0 amide bonds. The quantitative estimate of drug-likeness (QED) is 0.703. The minimum Gasteiger partial charge on any atom is -0.481 e. The standard InChI is InChI=1S/C13H20N2O2/c1-9(2)12(14)8-15-11-5-3-10(4-6-11)7-13(16)17/h3-6,9,12,15H,7-8,14H2,1-2H3,(H,16,17)/t12-/m0/s1. The first kappa shape index (κ1) is 13.5. The van der Waals surface area contributed by atoms with Gasteiger partial charge in [0.2, 0.25) is 0 Å². The lowest BCUT2D eigenvalue weighted by Crippen LogP contribution is -2.33. The molecule has 4 N–H and O–H groups in total. The molecule has 1 atom stereocenters. The molecule has 0 unspecified atom stereocenters. The van der Waals surface area contributed by atoms with E-state index in [2.05, 4.69) is 19.2 Å². The van der Waals surface area contributed by atoms with Crippen molar-refractivity contribution in [1.29, 1.82) is 0 Å². The van der Waals surface area contributed by atoms with Crippen molar-refractivity contribution >= 4 is 11.7 Å². The van der Waals surface area contributed by atoms with Gasteiger partial charge in [0.25, 0.3) is 0 Å². The van der Waals surface area contributed by atoms with Gasteiger partial charge in [-0.05, 0) is 23.6 Å². The summed E-state index contributed by atoms with van der Waals surface area (Å²) in [5.74, 6) is -0.374. The number of nitrogens with one attached hydrogen (secondary N) is 1. The van der Waals surface area contributed by atoms with Crippen LogP contribution >= 0.6 is 0 Å². The van der Waals surface area contributed by atoms with Crippen molar-refractivity contribution in [3.05, 3.63) is 29.8 Å². The number of carbonyl (C=O) groups is 1. The van der Waals surface area contributed by atoms with Gasteiger partial charge in [0.1, 0.15) is 0 Å². The fraction of sp³-hybridized carbons (Fsp3) is 0.462. The second-order valence-corrected chi connectivity index (χ2v) is 4.56. The fourth-order valence-corrected chi connectivity index (χ4v) is 1.39. The van der Waals surface area contributed by atoms with E-state index in [4.69, 9.17) is 10.8 Å². The van der Waals surface area contributed by atoms with Gasteiger partial charge in [0.05, 0.1) is 6.42 Å². The Labute approximate surface area is 102 Å². The zero-order valence-corrected chi connectivity index (χ0v) is 10.3. The van der Waals surface area contributed by atoms with Crippen molar-refractivity contribution in [2.24, 2.45) is 11.7 Å². The van der Waals surface area contributed by atoms with E-state index in [9.17, 15) is 4.79 Å². The number of rotatable bonds is 6. The first-order chi connectivity index (χ1) is 7.99. The molecule has 1 aromatic rings. The van der Waals surface area contributed by atoms with Crippen LogP contribution in [0.25, 0.3) is 0 Å². The minimum absolute atomic E-state index is 0.0613. The Hall–Kier alpha value is -1.55. The van der Waals surface area contributed by atoms with E-state index in [1.165, 1.54) is 0 Å². The predicted octanol–water partition coefficient (Wildman–Crippen LogP) is 1.71. The molecule has 0 aliphatic heterocycles. The Kier molecular flexibility index (Phi) is 4.97. The second-order valence-electron chi connectivity index (χ2n) is 4.56. The van der Waals surface area contributed by atoms with E-state index in [0.717, 1.165) is 17.8 Å². The molecule has 0 spiro atoms. The number of carboxylic acid groups (broad SMARTS) is 1. The van der Waals surface area contributed by atoms with Gasteiger partial charge in [-0.25, -0.2) is 0 Å². The summed E-state index contributed by atoms with van der Waals surface area (Å²) in [6.07, 6.45) is 0.0613. The summed E-state index contributed by atoms with van der Waals surface area (Å²) < 4.78 is 0. The van der Waals surface area contributed by atoms with Crippen LogP contribution in [0.2, 0.25) is 0 Å². The summed E-state index contributed by atoms with van der Waals surface area (Å²) in [7, 11) is 0. The molecular weight excluding hydrogens is 216 g/mol. The van der Waals surface area contributed by atoms with Crippen LogP contribution in [0.15, 0.2) is 24.3 Å². The summed E-state index contributed by atoms with van der Waals surface area (Å²) in [6.45, 7) is 4.89. The molecule has 0 aromatic heterocycles. The van der Waals surface area contributed by atoms with Gasteiger partial charge in [0, 0.05) is 18.3 Å². The third-order valence-electron chi connectivity index (χ3n) is 2.71. The van der Waals surface area contributed by atoms with Crippen molar-refractivity contribution in [2.45, 2.75) is 26.3 Å². The normalized spacial score (nSPS) is 12.5. The van der Waals surface area contributed by atoms with Crippen LogP contribution in [0, 0.1) is 5.92 Å². The third-order valence-corrected chi connectivity index (χ3v) is 2.71. The highest BCUT2D eigenvalue weighted by Crippen LogP contribution is 2.10. The number of aliphatic carboxylic acids is 1. The molecule has 0 heterocycles. The Bertz CT molecular complexity index is 360. The van der Waals surface area contributed by atoms with E-state index in [0.29, 0.717) is 5.92 Å². The van der Waals surface area contributed by atoms with Gasteiger partial charge in [0.15, 0.2) is 0 Å². The summed E-state index contributed by atoms with van der Waals surface area (Å²) >= 11 is 0. The molecule has 0 aliphatic rings. The van der Waals surface area contributed by atoms with Crippen LogP contribution in [-0.2, 0) is 11.2 Å². The molecule has 4 heteroatoms. The smallest absolute Gasteiger partial charge is 0.307 e. The largest absolute Gasteiger partial charge is 0.481 e. The molecule has 4 nitrogen and oxygen atoms in total. The number of nitrogens with two attached hydrogens (primary N) is 1. The van der Waals surface area contributed by atoms with E-state index < -0.39 is 5.97 Å². The molecular formula is C13H20N2O2. The van der Waals surface area contributed by atoms with E-state index >= 15 is 0 Å². The number of carboxylic acids is 1. The van der Waals surface area contributed by atoms with Gasteiger partial charge in [-0.2, -0.15) is 0 Å². The highest BCUT2D eigenvalue weighted by atomic mass is 16.4. The topological polar surface area (TPSA) is 75.3 Å². The van der Waals surface area contributed by atoms with Gasteiger partial charge in [-0.1, -0.05) is 26.0 Å². The summed E-state index contributed by atoms with van der Waals surface area (Å²) in [6, 6.07) is 7.51. The van der Waals surface area contributed by atoms with Crippen LogP contribution in [0.5, 0.6) is 0 Å². The number of hydrogen-bond donors (Lipinski definition) is 3. The Morgan fingerprint density at radius 3 is 2.41 bits per heavy atom. The molecule has 17 heavy (non-hydrogen) atoms. The highest BCUT2D eigenvalue weighted by molar-refractivity contribution is 5.70. The molecule has 1 aromatic carbocycles. The first-order valence-electron chi connectivity index (χ1n) is 5.79. The summed E-state index contributed by atoms with van der Waals surface area (Å²) in [4.78, 5) is 10.5. The van der Waals surface area contributed by atoms with Gasteiger partial charge < -0.3 is 16.2 Å². The lowest BCUT2D eigenvalue weighted by Gasteiger charge is -2.17. The molecule has 0 aliphatic carbocycles. The van der Waals surface area contributed by atoms with Gasteiger partial charge in [-0.3, -0.25) is 4.79 Å². The first-order valence-corrected chi connectivity index (χ1v) is 5.79.